The maximum absolute atomic E-state index is 11.9. The van der Waals surface area contributed by atoms with Crippen molar-refractivity contribution in [2.45, 2.75) is 0 Å². The number of carbonyl (C=O) groups excluding carboxylic acids is 1. The first-order valence-electron chi connectivity index (χ1n) is 8.56. The number of morpholine rings is 1. The van der Waals surface area contributed by atoms with Gasteiger partial charge in [-0.05, 0) is 12.1 Å². The Morgan fingerprint density at radius 1 is 1.23 bits per heavy atom. The number of hydrogen-bond donors (Lipinski definition) is 2. The summed E-state index contributed by atoms with van der Waals surface area (Å²) in [7, 11) is 1.58. The molecule has 2 N–H and O–H groups in total. The number of benzene rings is 1. The molecule has 0 unspecified atom stereocenters. The van der Waals surface area contributed by atoms with Gasteiger partial charge in [-0.25, -0.2) is 9.97 Å². The highest BCUT2D eigenvalue weighted by atomic mass is 16.5. The fraction of sp³-hybridized carbons (Fsp3) is 0.389. The predicted molar refractivity (Wildman–Crippen MR) is 99.0 cm³/mol. The molecule has 138 valence electrons. The second-order valence-corrected chi connectivity index (χ2v) is 5.78. The summed E-state index contributed by atoms with van der Waals surface area (Å²) in [6.07, 6.45) is 3.02. The van der Waals surface area contributed by atoms with Crippen molar-refractivity contribution >= 4 is 23.1 Å². The van der Waals surface area contributed by atoms with E-state index in [1.807, 2.05) is 18.2 Å². The molecule has 0 aliphatic carbocycles. The number of amides is 1. The van der Waals surface area contributed by atoms with Crippen LogP contribution in [0.1, 0.15) is 10.5 Å². The zero-order valence-electron chi connectivity index (χ0n) is 14.8. The number of methoxy groups -OCH3 is 1. The van der Waals surface area contributed by atoms with Crippen molar-refractivity contribution in [3.63, 3.8) is 0 Å². The Bertz CT molecular complexity index is 717. The minimum absolute atomic E-state index is 0.269. The largest absolute Gasteiger partial charge is 0.383 e. The molecule has 0 atom stereocenters. The van der Waals surface area contributed by atoms with Gasteiger partial charge in [0.1, 0.15) is 11.5 Å². The molecule has 1 amide bonds. The Hall–Kier alpha value is -2.71. The topological polar surface area (TPSA) is 88.6 Å². The fourth-order valence-corrected chi connectivity index (χ4v) is 2.66. The van der Waals surface area contributed by atoms with E-state index in [1.165, 1.54) is 6.20 Å². The van der Waals surface area contributed by atoms with Gasteiger partial charge in [-0.1, -0.05) is 12.1 Å². The van der Waals surface area contributed by atoms with E-state index in [0.29, 0.717) is 19.0 Å². The van der Waals surface area contributed by atoms with E-state index in [0.717, 1.165) is 37.7 Å². The third-order valence-corrected chi connectivity index (χ3v) is 3.99. The van der Waals surface area contributed by atoms with Gasteiger partial charge in [-0.3, -0.25) is 4.79 Å². The second-order valence-electron chi connectivity index (χ2n) is 5.78. The van der Waals surface area contributed by atoms with Crippen molar-refractivity contribution in [2.75, 3.05) is 56.8 Å². The van der Waals surface area contributed by atoms with Gasteiger partial charge in [-0.2, -0.15) is 0 Å². The zero-order chi connectivity index (χ0) is 18.2. The van der Waals surface area contributed by atoms with Crippen molar-refractivity contribution < 1.29 is 14.3 Å². The molecule has 2 heterocycles. The number of hydrogen-bond acceptors (Lipinski definition) is 7. The van der Waals surface area contributed by atoms with E-state index in [1.54, 1.807) is 13.3 Å². The molecule has 3 rings (SSSR count). The average Bonchev–Trinajstić information content (AvgIpc) is 2.70. The average molecular weight is 357 g/mol. The van der Waals surface area contributed by atoms with Crippen molar-refractivity contribution in [3.8, 4) is 0 Å². The summed E-state index contributed by atoms with van der Waals surface area (Å²) >= 11 is 0. The van der Waals surface area contributed by atoms with Crippen molar-refractivity contribution in [2.24, 2.45) is 0 Å². The van der Waals surface area contributed by atoms with Crippen LogP contribution in [0.3, 0.4) is 0 Å². The van der Waals surface area contributed by atoms with Gasteiger partial charge in [-0.15, -0.1) is 0 Å². The van der Waals surface area contributed by atoms with Gasteiger partial charge in [0.15, 0.2) is 0 Å². The quantitative estimate of drug-likeness (QED) is 0.725. The van der Waals surface area contributed by atoms with E-state index in [2.05, 4.69) is 31.6 Å². The molecule has 8 nitrogen and oxygen atoms in total. The van der Waals surface area contributed by atoms with Crippen LogP contribution in [0.2, 0.25) is 0 Å². The lowest BCUT2D eigenvalue weighted by atomic mass is 10.2. The number of ether oxygens (including phenoxy) is 2. The number of carbonyl (C=O) groups is 1. The molecule has 1 aromatic carbocycles. The second kappa shape index (κ2) is 9.12. The van der Waals surface area contributed by atoms with E-state index in [4.69, 9.17) is 9.47 Å². The highest BCUT2D eigenvalue weighted by Crippen LogP contribution is 2.28. The first-order valence-corrected chi connectivity index (χ1v) is 8.56. The van der Waals surface area contributed by atoms with Gasteiger partial charge >= 0.3 is 0 Å². The molecule has 1 aromatic heterocycles. The third-order valence-electron chi connectivity index (χ3n) is 3.99. The lowest BCUT2D eigenvalue weighted by Gasteiger charge is -2.30. The summed E-state index contributed by atoms with van der Waals surface area (Å²) < 4.78 is 10.3. The number of nitrogens with zero attached hydrogens (tertiary/aromatic N) is 3. The van der Waals surface area contributed by atoms with E-state index >= 15 is 0 Å². The van der Waals surface area contributed by atoms with Crippen LogP contribution in [-0.4, -0.2) is 62.4 Å². The van der Waals surface area contributed by atoms with Crippen molar-refractivity contribution in [3.05, 3.63) is 42.4 Å². The van der Waals surface area contributed by atoms with Gasteiger partial charge in [0.2, 0.25) is 0 Å². The van der Waals surface area contributed by atoms with Gasteiger partial charge < -0.3 is 25.0 Å². The summed E-state index contributed by atoms with van der Waals surface area (Å²) in [5.74, 6) is 0.314. The summed E-state index contributed by atoms with van der Waals surface area (Å²) in [4.78, 5) is 22.7. The summed E-state index contributed by atoms with van der Waals surface area (Å²) in [5, 5.41) is 6.00. The maximum Gasteiger partial charge on any atom is 0.271 e. The molecule has 1 saturated heterocycles. The highest BCUT2D eigenvalue weighted by molar-refractivity contribution is 5.92. The van der Waals surface area contributed by atoms with Gasteiger partial charge in [0, 0.05) is 26.7 Å². The monoisotopic (exact) mass is 357 g/mol. The molecule has 0 radical (unpaired) electrons. The van der Waals surface area contributed by atoms with E-state index in [-0.39, 0.29) is 11.6 Å². The third kappa shape index (κ3) is 4.68. The predicted octanol–water partition coefficient (Wildman–Crippen LogP) is 1.43. The SMILES string of the molecule is COCCNC(=O)c1cnc(Nc2ccccc2N2CCOCC2)cn1. The Kier molecular flexibility index (Phi) is 6.34. The van der Waals surface area contributed by atoms with E-state index in [9.17, 15) is 4.79 Å². The zero-order valence-corrected chi connectivity index (χ0v) is 14.8. The van der Waals surface area contributed by atoms with Crippen LogP contribution in [0.5, 0.6) is 0 Å². The fourth-order valence-electron chi connectivity index (χ4n) is 2.66. The van der Waals surface area contributed by atoms with Crippen LogP contribution >= 0.6 is 0 Å². The van der Waals surface area contributed by atoms with Crippen molar-refractivity contribution in [1.82, 2.24) is 15.3 Å². The lowest BCUT2D eigenvalue weighted by molar-refractivity contribution is 0.0932. The summed E-state index contributed by atoms with van der Waals surface area (Å²) in [5.41, 5.74) is 2.31. The normalized spacial score (nSPS) is 14.1. The number of anilines is 3. The molecule has 0 saturated carbocycles. The van der Waals surface area contributed by atoms with Gasteiger partial charge in [0.05, 0.1) is 43.6 Å². The van der Waals surface area contributed by atoms with Crippen LogP contribution in [0.15, 0.2) is 36.7 Å². The molecule has 1 aliphatic heterocycles. The minimum Gasteiger partial charge on any atom is -0.383 e. The van der Waals surface area contributed by atoms with Crippen molar-refractivity contribution in [1.29, 1.82) is 0 Å². The highest BCUT2D eigenvalue weighted by Gasteiger charge is 2.15. The molecule has 8 heteroatoms. The Morgan fingerprint density at radius 3 is 2.77 bits per heavy atom. The van der Waals surface area contributed by atoms with Crippen LogP contribution in [-0.2, 0) is 9.47 Å². The first kappa shape index (κ1) is 18.1. The summed E-state index contributed by atoms with van der Waals surface area (Å²) in [6, 6.07) is 8.04. The summed E-state index contributed by atoms with van der Waals surface area (Å²) in [6.45, 7) is 4.04. The number of nitrogens with one attached hydrogen (secondary N) is 2. The maximum atomic E-state index is 11.9. The van der Waals surface area contributed by atoms with Crippen LogP contribution in [0, 0.1) is 0 Å². The molecule has 0 bridgehead atoms. The lowest BCUT2D eigenvalue weighted by Crippen LogP contribution is -2.36. The number of para-hydroxylation sites is 2. The minimum atomic E-state index is -0.269. The Labute approximate surface area is 152 Å². The van der Waals surface area contributed by atoms with Crippen LogP contribution in [0.25, 0.3) is 0 Å². The number of rotatable bonds is 7. The standard InChI is InChI=1S/C18H23N5O3/c1-25-9-6-19-18(24)15-12-21-17(13-20-15)22-14-4-2-3-5-16(14)23-7-10-26-11-8-23/h2-5,12-13H,6-11H2,1H3,(H,19,24)(H,21,22). The van der Waals surface area contributed by atoms with E-state index < -0.39 is 0 Å². The molecule has 2 aromatic rings. The first-order chi connectivity index (χ1) is 12.8. The molecular formula is C18H23N5O3. The molecule has 1 aliphatic rings. The Morgan fingerprint density at radius 2 is 2.04 bits per heavy atom. The Balaban J connectivity index is 1.67. The smallest absolute Gasteiger partial charge is 0.271 e. The number of aromatic nitrogens is 2. The van der Waals surface area contributed by atoms with Crippen LogP contribution in [0.4, 0.5) is 17.2 Å². The van der Waals surface area contributed by atoms with Crippen LogP contribution < -0.4 is 15.5 Å². The molecule has 1 fully saturated rings. The molecule has 26 heavy (non-hydrogen) atoms. The molecular weight excluding hydrogens is 334 g/mol. The molecule has 0 spiro atoms. The van der Waals surface area contributed by atoms with Gasteiger partial charge in [0.25, 0.3) is 5.91 Å².